The monoisotopic (exact) mass is 278 g/mol. The van der Waals surface area contributed by atoms with Crippen LogP contribution in [-0.2, 0) is 11.3 Å². The molecule has 1 unspecified atom stereocenters. The summed E-state index contributed by atoms with van der Waals surface area (Å²) in [4.78, 5) is 10.5. The second-order valence-corrected chi connectivity index (χ2v) is 3.74. The van der Waals surface area contributed by atoms with Crippen molar-refractivity contribution in [3.63, 3.8) is 0 Å². The molecule has 0 fully saturated rings. The molecule has 1 rings (SSSR count). The minimum atomic E-state index is -4.72. The van der Waals surface area contributed by atoms with Gasteiger partial charge in [0.15, 0.2) is 0 Å². The number of benzene rings is 1. The molecule has 0 aliphatic heterocycles. The van der Waals surface area contributed by atoms with Crippen LogP contribution in [0.15, 0.2) is 24.3 Å². The Morgan fingerprint density at radius 1 is 1.37 bits per heavy atom. The first-order valence-corrected chi connectivity index (χ1v) is 5.31. The van der Waals surface area contributed by atoms with Crippen molar-refractivity contribution in [1.82, 2.24) is 5.32 Å². The van der Waals surface area contributed by atoms with Crippen molar-refractivity contribution >= 4 is 5.91 Å². The van der Waals surface area contributed by atoms with E-state index in [-0.39, 0.29) is 18.8 Å². The number of aliphatic hydroxyl groups is 1. The van der Waals surface area contributed by atoms with Gasteiger partial charge < -0.3 is 20.9 Å². The van der Waals surface area contributed by atoms with Crippen LogP contribution in [0.1, 0.15) is 5.56 Å². The van der Waals surface area contributed by atoms with Gasteiger partial charge in [-0.15, -0.1) is 13.2 Å². The molecular weight excluding hydrogens is 265 g/mol. The van der Waals surface area contributed by atoms with Gasteiger partial charge in [-0.05, 0) is 17.7 Å². The highest BCUT2D eigenvalue weighted by molar-refractivity contribution is 5.78. The molecule has 106 valence electrons. The van der Waals surface area contributed by atoms with E-state index < -0.39 is 18.4 Å². The Morgan fingerprint density at radius 3 is 2.42 bits per heavy atom. The molecule has 1 atom stereocenters. The molecule has 1 amide bonds. The van der Waals surface area contributed by atoms with Crippen molar-refractivity contribution in [2.24, 2.45) is 5.73 Å². The van der Waals surface area contributed by atoms with Gasteiger partial charge in [0.05, 0.1) is 0 Å². The predicted molar refractivity (Wildman–Crippen MR) is 60.0 cm³/mol. The summed E-state index contributed by atoms with van der Waals surface area (Å²) in [7, 11) is 0. The highest BCUT2D eigenvalue weighted by Crippen LogP contribution is 2.22. The normalized spacial score (nSPS) is 13.1. The summed E-state index contributed by atoms with van der Waals surface area (Å²) in [6, 6.07) is 5.22. The van der Waals surface area contributed by atoms with Gasteiger partial charge >= 0.3 is 6.36 Å². The summed E-state index contributed by atoms with van der Waals surface area (Å²) in [5.41, 5.74) is 5.51. The third-order valence-electron chi connectivity index (χ3n) is 2.15. The Kier molecular flexibility index (Phi) is 5.13. The van der Waals surface area contributed by atoms with Crippen LogP contribution in [0.25, 0.3) is 0 Å². The summed E-state index contributed by atoms with van der Waals surface area (Å²) >= 11 is 0. The van der Waals surface area contributed by atoms with Crippen LogP contribution in [0.2, 0.25) is 0 Å². The van der Waals surface area contributed by atoms with E-state index in [2.05, 4.69) is 10.1 Å². The Hall–Kier alpha value is -1.80. The number of ether oxygens (including phenoxy) is 1. The molecule has 0 spiro atoms. The molecule has 1 aromatic carbocycles. The number of amides is 1. The number of nitrogens with two attached hydrogens (primary N) is 1. The van der Waals surface area contributed by atoms with E-state index in [0.717, 1.165) is 0 Å². The number of carbonyl (C=O) groups excluding carboxylic acids is 1. The molecule has 8 heteroatoms. The second-order valence-electron chi connectivity index (χ2n) is 3.74. The molecule has 0 aliphatic carbocycles. The van der Waals surface area contributed by atoms with Crippen LogP contribution in [0.5, 0.6) is 5.75 Å². The van der Waals surface area contributed by atoms with Crippen molar-refractivity contribution in [2.45, 2.75) is 19.0 Å². The minimum absolute atomic E-state index is 0.0316. The number of alkyl halides is 3. The lowest BCUT2D eigenvalue weighted by molar-refractivity contribution is -0.274. The topological polar surface area (TPSA) is 84.6 Å². The average molecular weight is 278 g/mol. The molecule has 4 N–H and O–H groups in total. The first kappa shape index (κ1) is 15.3. The van der Waals surface area contributed by atoms with Crippen molar-refractivity contribution < 1.29 is 27.8 Å². The van der Waals surface area contributed by atoms with Gasteiger partial charge in [0.25, 0.3) is 0 Å². The fourth-order valence-electron chi connectivity index (χ4n) is 1.26. The van der Waals surface area contributed by atoms with Crippen LogP contribution in [0, 0.1) is 0 Å². The Bertz CT molecular complexity index is 420. The van der Waals surface area contributed by atoms with Gasteiger partial charge in [-0.1, -0.05) is 12.1 Å². The number of nitrogens with one attached hydrogen (secondary N) is 1. The number of hydrogen-bond donors (Lipinski definition) is 3. The van der Waals surface area contributed by atoms with Crippen LogP contribution >= 0.6 is 0 Å². The molecule has 0 heterocycles. The number of carbonyl (C=O) groups is 1. The third-order valence-corrected chi connectivity index (χ3v) is 2.15. The molecule has 1 aromatic rings. The molecule has 0 bridgehead atoms. The summed E-state index contributed by atoms with van der Waals surface area (Å²) in [6.07, 6.45) is -6.02. The number of rotatable bonds is 6. The quantitative estimate of drug-likeness (QED) is 0.708. The summed E-state index contributed by atoms with van der Waals surface area (Å²) in [5, 5.41) is 11.8. The zero-order chi connectivity index (χ0) is 14.5. The van der Waals surface area contributed by atoms with E-state index in [4.69, 9.17) is 10.8 Å². The van der Waals surface area contributed by atoms with Gasteiger partial charge in [0.2, 0.25) is 5.91 Å². The molecule has 0 saturated carbocycles. The van der Waals surface area contributed by atoms with Crippen molar-refractivity contribution in [3.05, 3.63) is 29.8 Å². The first-order chi connectivity index (χ1) is 8.78. The fourth-order valence-corrected chi connectivity index (χ4v) is 1.26. The van der Waals surface area contributed by atoms with Crippen molar-refractivity contribution in [2.75, 3.05) is 6.54 Å². The van der Waals surface area contributed by atoms with Crippen LogP contribution < -0.4 is 15.8 Å². The van der Waals surface area contributed by atoms with Gasteiger partial charge in [-0.3, -0.25) is 4.79 Å². The minimum Gasteiger partial charge on any atom is -0.406 e. The van der Waals surface area contributed by atoms with E-state index >= 15 is 0 Å². The lowest BCUT2D eigenvalue weighted by Gasteiger charge is -2.10. The second kappa shape index (κ2) is 6.39. The van der Waals surface area contributed by atoms with Crippen LogP contribution in [-0.4, -0.2) is 30.0 Å². The molecule has 0 aliphatic rings. The zero-order valence-electron chi connectivity index (χ0n) is 9.78. The van der Waals surface area contributed by atoms with Crippen molar-refractivity contribution in [3.8, 4) is 5.75 Å². The zero-order valence-corrected chi connectivity index (χ0v) is 9.78. The number of hydrogen-bond acceptors (Lipinski definition) is 4. The Balaban J connectivity index is 2.42. The van der Waals surface area contributed by atoms with E-state index in [1.54, 1.807) is 0 Å². The standard InChI is InChI=1S/C11H13F3N2O3/c12-11(13,14)19-8-3-1-7(2-4-8)5-16-6-9(17)10(15)18/h1-4,9,16-17H,5-6H2,(H2,15,18). The van der Waals surface area contributed by atoms with E-state index in [1.807, 2.05) is 0 Å². The maximum Gasteiger partial charge on any atom is 0.573 e. The molecule has 0 aromatic heterocycles. The third kappa shape index (κ3) is 6.07. The predicted octanol–water partition coefficient (Wildman–Crippen LogP) is 0.521. The van der Waals surface area contributed by atoms with Crippen LogP contribution in [0.4, 0.5) is 13.2 Å². The summed E-state index contributed by atoms with van der Waals surface area (Å²) in [5.74, 6) is -1.16. The lowest BCUT2D eigenvalue weighted by atomic mass is 10.2. The SMILES string of the molecule is NC(=O)C(O)CNCc1ccc(OC(F)(F)F)cc1. The molecule has 19 heavy (non-hydrogen) atoms. The van der Waals surface area contributed by atoms with E-state index in [0.29, 0.717) is 5.56 Å². The molecule has 0 radical (unpaired) electrons. The Labute approximate surface area is 107 Å². The maximum atomic E-state index is 11.9. The Morgan fingerprint density at radius 2 is 1.95 bits per heavy atom. The fraction of sp³-hybridized carbons (Fsp3) is 0.364. The molecular formula is C11H13F3N2O3. The van der Waals surface area contributed by atoms with E-state index in [9.17, 15) is 18.0 Å². The lowest BCUT2D eigenvalue weighted by Crippen LogP contribution is -2.37. The van der Waals surface area contributed by atoms with E-state index in [1.165, 1.54) is 24.3 Å². The average Bonchev–Trinajstić information content (AvgIpc) is 2.29. The maximum absolute atomic E-state index is 11.9. The molecule has 5 nitrogen and oxygen atoms in total. The summed E-state index contributed by atoms with van der Waals surface area (Å²) in [6.45, 7) is 0.243. The van der Waals surface area contributed by atoms with Gasteiger partial charge in [0, 0.05) is 13.1 Å². The number of halogens is 3. The highest BCUT2D eigenvalue weighted by atomic mass is 19.4. The van der Waals surface area contributed by atoms with Gasteiger partial charge in [0.1, 0.15) is 11.9 Å². The number of aliphatic hydroxyl groups excluding tert-OH is 1. The smallest absolute Gasteiger partial charge is 0.406 e. The van der Waals surface area contributed by atoms with Gasteiger partial charge in [-0.25, -0.2) is 0 Å². The largest absolute Gasteiger partial charge is 0.573 e. The highest BCUT2D eigenvalue weighted by Gasteiger charge is 2.30. The summed E-state index contributed by atoms with van der Waals surface area (Å²) < 4.78 is 39.4. The van der Waals surface area contributed by atoms with Crippen molar-refractivity contribution in [1.29, 1.82) is 0 Å². The van der Waals surface area contributed by atoms with Crippen LogP contribution in [0.3, 0.4) is 0 Å². The molecule has 0 saturated heterocycles. The van der Waals surface area contributed by atoms with Gasteiger partial charge in [-0.2, -0.15) is 0 Å². The first-order valence-electron chi connectivity index (χ1n) is 5.31. The number of primary amides is 1.